The average Bonchev–Trinajstić information content (AvgIpc) is 3.09. The van der Waals surface area contributed by atoms with Crippen LogP contribution < -0.4 is 19.5 Å². The maximum Gasteiger partial charge on any atom is 0.244 e. The van der Waals surface area contributed by atoms with E-state index >= 15 is 0 Å². The number of benzene rings is 2. The summed E-state index contributed by atoms with van der Waals surface area (Å²) >= 11 is 0. The summed E-state index contributed by atoms with van der Waals surface area (Å²) in [5.74, 6) is 1.48. The van der Waals surface area contributed by atoms with Crippen molar-refractivity contribution in [3.63, 3.8) is 0 Å². The van der Waals surface area contributed by atoms with Gasteiger partial charge in [-0.2, -0.15) is 0 Å². The SMILES string of the molecule is COc1cc(/C=C/C(=O)NCCCn2c(C)cc3ccccc32)cc(OC)c1OC. The van der Waals surface area contributed by atoms with Crippen LogP contribution in [-0.2, 0) is 11.3 Å². The van der Waals surface area contributed by atoms with Crippen molar-refractivity contribution < 1.29 is 19.0 Å². The van der Waals surface area contributed by atoms with Crippen molar-refractivity contribution in [2.24, 2.45) is 0 Å². The minimum atomic E-state index is -0.141. The third kappa shape index (κ3) is 4.76. The number of para-hydroxylation sites is 1. The van der Waals surface area contributed by atoms with Gasteiger partial charge in [0, 0.05) is 30.4 Å². The van der Waals surface area contributed by atoms with Gasteiger partial charge in [-0.1, -0.05) is 18.2 Å². The number of ether oxygens (including phenoxy) is 3. The summed E-state index contributed by atoms with van der Waals surface area (Å²) in [6.45, 7) is 3.57. The number of hydrogen-bond donors (Lipinski definition) is 1. The first-order valence-corrected chi connectivity index (χ1v) is 9.88. The number of amides is 1. The summed E-state index contributed by atoms with van der Waals surface area (Å²) in [6, 6.07) is 14.1. The molecule has 0 aliphatic carbocycles. The lowest BCUT2D eigenvalue weighted by molar-refractivity contribution is -0.116. The van der Waals surface area contributed by atoms with Gasteiger partial charge >= 0.3 is 0 Å². The zero-order valence-corrected chi connectivity index (χ0v) is 17.9. The number of nitrogens with one attached hydrogen (secondary N) is 1. The molecule has 30 heavy (non-hydrogen) atoms. The van der Waals surface area contributed by atoms with Gasteiger partial charge in [0.15, 0.2) is 11.5 Å². The third-order valence-corrected chi connectivity index (χ3v) is 4.99. The van der Waals surface area contributed by atoms with Crippen LogP contribution in [-0.4, -0.2) is 38.3 Å². The number of rotatable bonds is 9. The lowest BCUT2D eigenvalue weighted by Gasteiger charge is -2.12. The number of fused-ring (bicyclic) bond motifs is 1. The molecular weight excluding hydrogens is 380 g/mol. The predicted molar refractivity (Wildman–Crippen MR) is 119 cm³/mol. The normalized spacial score (nSPS) is 11.1. The van der Waals surface area contributed by atoms with Gasteiger partial charge in [0.1, 0.15) is 0 Å². The molecule has 158 valence electrons. The van der Waals surface area contributed by atoms with E-state index in [0.717, 1.165) is 18.5 Å². The van der Waals surface area contributed by atoms with Crippen LogP contribution in [0.15, 0.2) is 48.5 Å². The van der Waals surface area contributed by atoms with E-state index in [1.54, 1.807) is 39.5 Å². The van der Waals surface area contributed by atoms with Gasteiger partial charge in [-0.15, -0.1) is 0 Å². The van der Waals surface area contributed by atoms with Crippen LogP contribution in [0.1, 0.15) is 17.7 Å². The highest BCUT2D eigenvalue weighted by molar-refractivity contribution is 5.91. The second-order valence-corrected chi connectivity index (χ2v) is 6.93. The second-order valence-electron chi connectivity index (χ2n) is 6.93. The molecule has 1 heterocycles. The number of methoxy groups -OCH3 is 3. The van der Waals surface area contributed by atoms with Gasteiger partial charge in [-0.05, 0) is 54.6 Å². The summed E-state index contributed by atoms with van der Waals surface area (Å²) in [7, 11) is 4.68. The van der Waals surface area contributed by atoms with Crippen LogP contribution in [0.3, 0.4) is 0 Å². The molecule has 0 aliphatic heterocycles. The molecule has 0 radical (unpaired) electrons. The predicted octanol–water partition coefficient (Wildman–Crippen LogP) is 4.20. The summed E-state index contributed by atoms with van der Waals surface area (Å²) in [5.41, 5.74) is 3.24. The maximum absolute atomic E-state index is 12.2. The standard InChI is InChI=1S/C24H28N2O4/c1-17-14-19-8-5-6-9-20(19)26(17)13-7-12-25-23(27)11-10-18-15-21(28-2)24(30-4)22(16-18)29-3/h5-6,8-11,14-16H,7,12-13H2,1-4H3,(H,25,27)/b11-10+. The number of hydrogen-bond acceptors (Lipinski definition) is 4. The number of carbonyl (C=O) groups excluding carboxylic acids is 1. The fraction of sp³-hybridized carbons (Fsp3) is 0.292. The van der Waals surface area contributed by atoms with Gasteiger partial charge in [0.2, 0.25) is 11.7 Å². The first-order valence-electron chi connectivity index (χ1n) is 9.88. The fourth-order valence-electron chi connectivity index (χ4n) is 3.52. The van der Waals surface area contributed by atoms with Crippen molar-refractivity contribution in [3.8, 4) is 17.2 Å². The molecule has 0 saturated carbocycles. The number of aryl methyl sites for hydroxylation is 2. The number of nitrogens with zero attached hydrogens (tertiary/aromatic N) is 1. The Kier molecular flexibility index (Phi) is 7.01. The van der Waals surface area contributed by atoms with E-state index in [1.165, 1.54) is 22.7 Å². The second kappa shape index (κ2) is 9.87. The van der Waals surface area contributed by atoms with E-state index in [4.69, 9.17) is 14.2 Å². The Bertz CT molecular complexity index is 1030. The molecule has 0 spiro atoms. The van der Waals surface area contributed by atoms with Gasteiger partial charge in [-0.25, -0.2) is 0 Å². The van der Waals surface area contributed by atoms with Crippen molar-refractivity contribution >= 4 is 22.9 Å². The summed E-state index contributed by atoms with van der Waals surface area (Å²) in [5, 5.41) is 4.18. The van der Waals surface area contributed by atoms with Crippen LogP contribution >= 0.6 is 0 Å². The Morgan fingerprint density at radius 3 is 2.40 bits per heavy atom. The van der Waals surface area contributed by atoms with Crippen molar-refractivity contribution in [2.45, 2.75) is 19.9 Å². The largest absolute Gasteiger partial charge is 0.493 e. The summed E-state index contributed by atoms with van der Waals surface area (Å²) in [6.07, 6.45) is 4.09. The van der Waals surface area contributed by atoms with E-state index in [9.17, 15) is 4.79 Å². The number of aromatic nitrogens is 1. The first-order chi connectivity index (χ1) is 14.6. The summed E-state index contributed by atoms with van der Waals surface area (Å²) in [4.78, 5) is 12.2. The van der Waals surface area contributed by atoms with Crippen molar-refractivity contribution in [3.05, 3.63) is 59.8 Å². The minimum Gasteiger partial charge on any atom is -0.493 e. The molecule has 1 N–H and O–H groups in total. The lowest BCUT2D eigenvalue weighted by Crippen LogP contribution is -2.23. The molecule has 0 aliphatic rings. The van der Waals surface area contributed by atoms with Crippen LogP contribution in [0, 0.1) is 6.92 Å². The van der Waals surface area contributed by atoms with Crippen LogP contribution in [0.5, 0.6) is 17.2 Å². The Morgan fingerprint density at radius 2 is 1.73 bits per heavy atom. The monoisotopic (exact) mass is 408 g/mol. The lowest BCUT2D eigenvalue weighted by atomic mass is 10.1. The molecule has 3 rings (SSSR count). The molecule has 0 saturated heterocycles. The van der Waals surface area contributed by atoms with E-state index in [0.29, 0.717) is 23.8 Å². The van der Waals surface area contributed by atoms with Gasteiger partial charge in [-0.3, -0.25) is 4.79 Å². The molecule has 1 aromatic heterocycles. The molecule has 2 aromatic carbocycles. The smallest absolute Gasteiger partial charge is 0.244 e. The minimum absolute atomic E-state index is 0.141. The van der Waals surface area contributed by atoms with Gasteiger partial charge < -0.3 is 24.1 Å². The highest BCUT2D eigenvalue weighted by Gasteiger charge is 2.12. The van der Waals surface area contributed by atoms with Crippen molar-refractivity contribution in [1.29, 1.82) is 0 Å². The summed E-state index contributed by atoms with van der Waals surface area (Å²) < 4.78 is 18.3. The molecule has 0 atom stereocenters. The van der Waals surface area contributed by atoms with Gasteiger partial charge in [0.05, 0.1) is 21.3 Å². The molecule has 0 bridgehead atoms. The van der Waals surface area contributed by atoms with Gasteiger partial charge in [0.25, 0.3) is 0 Å². The Morgan fingerprint density at radius 1 is 1.03 bits per heavy atom. The van der Waals surface area contributed by atoms with E-state index in [1.807, 2.05) is 12.1 Å². The van der Waals surface area contributed by atoms with E-state index < -0.39 is 0 Å². The fourth-order valence-corrected chi connectivity index (χ4v) is 3.52. The van der Waals surface area contributed by atoms with Crippen LogP contribution in [0.4, 0.5) is 0 Å². The third-order valence-electron chi connectivity index (χ3n) is 4.99. The molecule has 6 nitrogen and oxygen atoms in total. The Balaban J connectivity index is 1.56. The highest BCUT2D eigenvalue weighted by Crippen LogP contribution is 2.38. The molecule has 0 unspecified atom stereocenters. The van der Waals surface area contributed by atoms with E-state index in [2.05, 4.69) is 35.0 Å². The molecule has 0 fully saturated rings. The van der Waals surface area contributed by atoms with E-state index in [-0.39, 0.29) is 5.91 Å². The highest BCUT2D eigenvalue weighted by atomic mass is 16.5. The molecule has 1 amide bonds. The Hall–Kier alpha value is -3.41. The molecule has 3 aromatic rings. The first kappa shape index (κ1) is 21.3. The maximum atomic E-state index is 12.2. The average molecular weight is 408 g/mol. The topological polar surface area (TPSA) is 61.7 Å². The van der Waals surface area contributed by atoms with Crippen LogP contribution in [0.25, 0.3) is 17.0 Å². The van der Waals surface area contributed by atoms with Crippen molar-refractivity contribution in [2.75, 3.05) is 27.9 Å². The molecular formula is C24H28N2O4. The number of carbonyl (C=O) groups is 1. The molecule has 6 heteroatoms. The van der Waals surface area contributed by atoms with Crippen LogP contribution in [0.2, 0.25) is 0 Å². The zero-order chi connectivity index (χ0) is 21.5. The quantitative estimate of drug-likeness (QED) is 0.426. The Labute approximate surface area is 177 Å². The van der Waals surface area contributed by atoms with Crippen molar-refractivity contribution in [1.82, 2.24) is 9.88 Å². The zero-order valence-electron chi connectivity index (χ0n) is 17.9.